The molecular formula is C19H22N2OS. The highest BCUT2D eigenvalue weighted by Crippen LogP contribution is 2.30. The van der Waals surface area contributed by atoms with E-state index in [9.17, 15) is 4.79 Å². The number of carbonyl (C=O) groups excluding carboxylic acids is 1. The first-order valence-electron chi connectivity index (χ1n) is 8.37. The molecule has 1 aromatic carbocycles. The van der Waals surface area contributed by atoms with Crippen molar-refractivity contribution in [2.45, 2.75) is 25.8 Å². The number of carbonyl (C=O) groups is 1. The van der Waals surface area contributed by atoms with E-state index in [1.807, 2.05) is 6.07 Å². The van der Waals surface area contributed by atoms with Crippen molar-refractivity contribution < 1.29 is 4.79 Å². The van der Waals surface area contributed by atoms with E-state index in [4.69, 9.17) is 0 Å². The molecule has 2 aliphatic heterocycles. The van der Waals surface area contributed by atoms with Gasteiger partial charge in [-0.25, -0.2) is 0 Å². The van der Waals surface area contributed by atoms with Crippen LogP contribution in [0.5, 0.6) is 0 Å². The number of thiophene rings is 1. The molecule has 2 fully saturated rings. The van der Waals surface area contributed by atoms with E-state index in [0.29, 0.717) is 6.04 Å². The second-order valence-electron chi connectivity index (χ2n) is 6.85. The van der Waals surface area contributed by atoms with Crippen LogP contribution < -0.4 is 5.32 Å². The molecule has 3 atom stereocenters. The largest absolute Gasteiger partial charge is 0.347 e. The van der Waals surface area contributed by atoms with Crippen molar-refractivity contribution in [3.8, 4) is 10.4 Å². The van der Waals surface area contributed by atoms with Gasteiger partial charge in [0, 0.05) is 24.0 Å². The summed E-state index contributed by atoms with van der Waals surface area (Å²) >= 11 is 1.58. The van der Waals surface area contributed by atoms with Crippen LogP contribution in [0.15, 0.2) is 36.4 Å². The molecule has 2 saturated heterocycles. The van der Waals surface area contributed by atoms with Crippen molar-refractivity contribution in [2.24, 2.45) is 5.92 Å². The molecule has 0 radical (unpaired) electrons. The van der Waals surface area contributed by atoms with Gasteiger partial charge in [-0.3, -0.25) is 4.79 Å². The molecule has 1 aromatic heterocycles. The maximum Gasteiger partial charge on any atom is 0.261 e. The van der Waals surface area contributed by atoms with E-state index in [2.05, 4.69) is 47.5 Å². The van der Waals surface area contributed by atoms with Gasteiger partial charge in [0.05, 0.1) is 4.88 Å². The van der Waals surface area contributed by atoms with Gasteiger partial charge in [-0.15, -0.1) is 11.3 Å². The summed E-state index contributed by atoms with van der Waals surface area (Å²) in [5.41, 5.74) is 2.43. The Morgan fingerprint density at radius 3 is 3.00 bits per heavy atom. The Hall–Kier alpha value is -1.65. The molecule has 3 heterocycles. The molecule has 2 aliphatic rings. The second-order valence-corrected chi connectivity index (χ2v) is 7.94. The van der Waals surface area contributed by atoms with Crippen molar-refractivity contribution >= 4 is 17.2 Å². The lowest BCUT2D eigenvalue weighted by molar-refractivity contribution is 0.0913. The predicted molar refractivity (Wildman–Crippen MR) is 94.9 cm³/mol. The monoisotopic (exact) mass is 326 g/mol. The van der Waals surface area contributed by atoms with E-state index in [0.717, 1.165) is 28.6 Å². The lowest BCUT2D eigenvalue weighted by Gasteiger charge is -2.30. The van der Waals surface area contributed by atoms with Crippen molar-refractivity contribution in [3.63, 3.8) is 0 Å². The van der Waals surface area contributed by atoms with Gasteiger partial charge < -0.3 is 10.2 Å². The van der Waals surface area contributed by atoms with Gasteiger partial charge in [-0.05, 0) is 49.9 Å². The minimum absolute atomic E-state index is 0.0846. The van der Waals surface area contributed by atoms with Crippen LogP contribution in [-0.2, 0) is 0 Å². The number of nitrogens with zero attached hydrogens (tertiary/aromatic N) is 1. The Labute approximate surface area is 141 Å². The molecule has 4 heteroatoms. The Kier molecular flexibility index (Phi) is 3.95. The molecule has 1 amide bonds. The molecule has 0 saturated carbocycles. The standard InChI is InChI=1S/C19H22N2OS/c1-13-3-2-4-15(9-13)17-5-6-18(23-17)19(22)20-16-10-14-7-8-21(11-14)12-16/h2-6,9,14,16H,7-8,10-12H2,1H3,(H,20,22)/t14-,16-/m1/s1. The van der Waals surface area contributed by atoms with Crippen LogP contribution in [0.1, 0.15) is 28.1 Å². The molecule has 3 nitrogen and oxygen atoms in total. The number of fused-ring (bicyclic) bond motifs is 2. The highest BCUT2D eigenvalue weighted by atomic mass is 32.1. The average molecular weight is 326 g/mol. The van der Waals surface area contributed by atoms with E-state index in [1.54, 1.807) is 11.3 Å². The zero-order chi connectivity index (χ0) is 15.8. The lowest BCUT2D eigenvalue weighted by atomic mass is 9.97. The fourth-order valence-corrected chi connectivity index (χ4v) is 4.74. The third kappa shape index (κ3) is 3.19. The maximum atomic E-state index is 12.5. The summed E-state index contributed by atoms with van der Waals surface area (Å²) in [7, 11) is 0. The summed E-state index contributed by atoms with van der Waals surface area (Å²) in [5.74, 6) is 0.863. The summed E-state index contributed by atoms with van der Waals surface area (Å²) in [6, 6.07) is 12.8. The van der Waals surface area contributed by atoms with Crippen LogP contribution in [0.3, 0.4) is 0 Å². The molecule has 2 aromatic rings. The van der Waals surface area contributed by atoms with Gasteiger partial charge in [0.15, 0.2) is 0 Å². The SMILES string of the molecule is Cc1cccc(-c2ccc(C(=O)N[C@@H]3C[C@H]4CCN(C4)C3)s2)c1. The van der Waals surface area contributed by atoms with Gasteiger partial charge in [0.2, 0.25) is 0 Å². The van der Waals surface area contributed by atoms with Gasteiger partial charge in [-0.2, -0.15) is 0 Å². The number of piperidine rings is 1. The number of nitrogens with one attached hydrogen (secondary N) is 1. The van der Waals surface area contributed by atoms with Gasteiger partial charge in [0.25, 0.3) is 5.91 Å². The Balaban J connectivity index is 1.45. The van der Waals surface area contributed by atoms with E-state index in [1.165, 1.54) is 30.6 Å². The number of benzene rings is 1. The Bertz CT molecular complexity index is 712. The van der Waals surface area contributed by atoms with E-state index >= 15 is 0 Å². The van der Waals surface area contributed by atoms with Crippen LogP contribution >= 0.6 is 11.3 Å². The molecule has 1 N–H and O–H groups in total. The topological polar surface area (TPSA) is 32.3 Å². The normalized spacial score (nSPS) is 26.2. The minimum Gasteiger partial charge on any atom is -0.347 e. The quantitative estimate of drug-likeness (QED) is 0.935. The Morgan fingerprint density at radius 1 is 1.26 bits per heavy atom. The summed E-state index contributed by atoms with van der Waals surface area (Å²) in [6.45, 7) is 5.53. The predicted octanol–water partition coefficient (Wildman–Crippen LogP) is 3.55. The van der Waals surface area contributed by atoms with Crippen LogP contribution in [0.2, 0.25) is 0 Å². The minimum atomic E-state index is 0.0846. The third-order valence-electron chi connectivity index (χ3n) is 4.93. The molecule has 120 valence electrons. The summed E-state index contributed by atoms with van der Waals surface area (Å²) in [5, 5.41) is 3.24. The van der Waals surface area contributed by atoms with Crippen molar-refractivity contribution in [2.75, 3.05) is 19.6 Å². The van der Waals surface area contributed by atoms with Crippen molar-refractivity contribution in [1.29, 1.82) is 0 Å². The summed E-state index contributed by atoms with van der Waals surface area (Å²) in [4.78, 5) is 17.0. The average Bonchev–Trinajstić information content (AvgIpc) is 3.14. The number of amides is 1. The molecule has 0 spiro atoms. The van der Waals surface area contributed by atoms with E-state index < -0.39 is 0 Å². The summed E-state index contributed by atoms with van der Waals surface area (Å²) < 4.78 is 0. The fourth-order valence-electron chi connectivity index (χ4n) is 3.83. The third-order valence-corrected chi connectivity index (χ3v) is 6.07. The molecule has 1 unspecified atom stereocenters. The number of rotatable bonds is 3. The molecule has 4 rings (SSSR count). The molecular weight excluding hydrogens is 304 g/mol. The molecule has 23 heavy (non-hydrogen) atoms. The zero-order valence-electron chi connectivity index (χ0n) is 13.4. The fraction of sp³-hybridized carbons (Fsp3) is 0.421. The maximum absolute atomic E-state index is 12.5. The highest BCUT2D eigenvalue weighted by molar-refractivity contribution is 7.17. The van der Waals surface area contributed by atoms with Crippen molar-refractivity contribution in [1.82, 2.24) is 10.2 Å². The molecule has 2 bridgehead atoms. The second kappa shape index (κ2) is 6.10. The molecule has 0 aliphatic carbocycles. The van der Waals surface area contributed by atoms with Crippen molar-refractivity contribution in [3.05, 3.63) is 46.8 Å². The first kappa shape index (κ1) is 14.9. The lowest BCUT2D eigenvalue weighted by Crippen LogP contribution is -2.46. The van der Waals surface area contributed by atoms with Gasteiger partial charge >= 0.3 is 0 Å². The van der Waals surface area contributed by atoms with Crippen LogP contribution in [-0.4, -0.2) is 36.5 Å². The van der Waals surface area contributed by atoms with Crippen LogP contribution in [0.25, 0.3) is 10.4 Å². The van der Waals surface area contributed by atoms with Gasteiger partial charge in [0.1, 0.15) is 0 Å². The van der Waals surface area contributed by atoms with Crippen LogP contribution in [0.4, 0.5) is 0 Å². The smallest absolute Gasteiger partial charge is 0.261 e. The number of aryl methyl sites for hydroxylation is 1. The number of hydrogen-bond acceptors (Lipinski definition) is 3. The van der Waals surface area contributed by atoms with E-state index in [-0.39, 0.29) is 5.91 Å². The Morgan fingerprint density at radius 2 is 2.17 bits per heavy atom. The van der Waals surface area contributed by atoms with Gasteiger partial charge in [-0.1, -0.05) is 29.8 Å². The highest BCUT2D eigenvalue weighted by Gasteiger charge is 2.33. The first-order chi connectivity index (χ1) is 11.2. The first-order valence-corrected chi connectivity index (χ1v) is 9.19. The number of hydrogen-bond donors (Lipinski definition) is 1. The summed E-state index contributed by atoms with van der Waals surface area (Å²) in [6.07, 6.45) is 2.43. The van der Waals surface area contributed by atoms with Crippen LogP contribution in [0, 0.1) is 12.8 Å². The zero-order valence-corrected chi connectivity index (χ0v) is 14.2.